The van der Waals surface area contributed by atoms with Crippen molar-refractivity contribution in [1.29, 1.82) is 0 Å². The van der Waals surface area contributed by atoms with Crippen LogP contribution in [0.4, 0.5) is 11.4 Å². The molecule has 4 rings (SSSR count). The van der Waals surface area contributed by atoms with Crippen LogP contribution >= 0.6 is 23.2 Å². The van der Waals surface area contributed by atoms with E-state index in [1.807, 2.05) is 30.3 Å². The van der Waals surface area contributed by atoms with E-state index < -0.39 is 0 Å². The number of nitrogens with one attached hydrogen (secondary N) is 1. The summed E-state index contributed by atoms with van der Waals surface area (Å²) in [5.74, 6) is -0.664. The molecule has 0 bridgehead atoms. The van der Waals surface area contributed by atoms with Crippen LogP contribution in [0.1, 0.15) is 19.3 Å². The highest BCUT2D eigenvalue weighted by atomic mass is 35.5. The van der Waals surface area contributed by atoms with Gasteiger partial charge in [0.25, 0.3) is 0 Å². The van der Waals surface area contributed by atoms with Gasteiger partial charge < -0.3 is 15.1 Å². The number of piperidine rings is 1. The first-order valence-corrected chi connectivity index (χ1v) is 11.1. The van der Waals surface area contributed by atoms with Gasteiger partial charge in [0.1, 0.15) is 0 Å². The molecule has 0 spiro atoms. The number of carbonyl (C=O) groups excluding carboxylic acids is 3. The summed E-state index contributed by atoms with van der Waals surface area (Å²) in [6, 6.07) is 14.3. The van der Waals surface area contributed by atoms with Gasteiger partial charge in [0.2, 0.25) is 17.7 Å². The Balaban J connectivity index is 1.31. The van der Waals surface area contributed by atoms with Gasteiger partial charge in [-0.25, -0.2) is 0 Å². The van der Waals surface area contributed by atoms with E-state index in [2.05, 4.69) is 5.32 Å². The van der Waals surface area contributed by atoms with Crippen LogP contribution in [0.5, 0.6) is 0 Å². The third-order valence-electron chi connectivity index (χ3n) is 5.85. The summed E-state index contributed by atoms with van der Waals surface area (Å²) in [6.45, 7) is 1.41. The normalized spacial score (nSPS) is 19.5. The molecule has 1 unspecified atom stereocenters. The quantitative estimate of drug-likeness (QED) is 0.743. The largest absolute Gasteiger partial charge is 0.342 e. The number of likely N-dealkylation sites (tertiary alicyclic amines) is 1. The van der Waals surface area contributed by atoms with Crippen molar-refractivity contribution < 1.29 is 14.4 Å². The fraction of sp³-hybridized carbons (Fsp3) is 0.348. The van der Waals surface area contributed by atoms with Crippen LogP contribution in [0.2, 0.25) is 10.0 Å². The zero-order chi connectivity index (χ0) is 22.0. The maximum Gasteiger partial charge on any atom is 0.228 e. The second-order valence-corrected chi connectivity index (χ2v) is 8.86. The first kappa shape index (κ1) is 21.7. The lowest BCUT2D eigenvalue weighted by Gasteiger charge is -2.33. The summed E-state index contributed by atoms with van der Waals surface area (Å²) in [7, 11) is 0. The first-order valence-electron chi connectivity index (χ1n) is 10.3. The topological polar surface area (TPSA) is 69.7 Å². The molecular weight excluding hydrogens is 437 g/mol. The van der Waals surface area contributed by atoms with Crippen molar-refractivity contribution >= 4 is 52.3 Å². The lowest BCUT2D eigenvalue weighted by atomic mass is 9.94. The molecule has 2 heterocycles. The molecule has 0 radical (unpaired) electrons. The van der Waals surface area contributed by atoms with Crippen LogP contribution in [0.3, 0.4) is 0 Å². The Labute approximate surface area is 191 Å². The smallest absolute Gasteiger partial charge is 0.228 e. The van der Waals surface area contributed by atoms with Crippen LogP contribution in [-0.2, 0) is 14.4 Å². The summed E-state index contributed by atoms with van der Waals surface area (Å²) in [5, 5.41) is 3.77. The first-order chi connectivity index (χ1) is 14.9. The zero-order valence-electron chi connectivity index (χ0n) is 16.9. The molecule has 8 heteroatoms. The van der Waals surface area contributed by atoms with E-state index in [1.54, 1.807) is 28.0 Å². The van der Waals surface area contributed by atoms with Gasteiger partial charge in [-0.1, -0.05) is 41.4 Å². The molecule has 162 valence electrons. The third kappa shape index (κ3) is 5.02. The molecule has 2 aromatic rings. The Bertz CT molecular complexity index is 971. The Morgan fingerprint density at radius 1 is 0.935 bits per heavy atom. The molecule has 6 nitrogen and oxygen atoms in total. The minimum atomic E-state index is -0.341. The van der Waals surface area contributed by atoms with E-state index in [0.717, 1.165) is 5.69 Å². The van der Waals surface area contributed by atoms with Gasteiger partial charge in [-0.15, -0.1) is 0 Å². The molecule has 2 fully saturated rings. The molecule has 31 heavy (non-hydrogen) atoms. The van der Waals surface area contributed by atoms with Crippen LogP contribution in [0.15, 0.2) is 48.5 Å². The van der Waals surface area contributed by atoms with Crippen molar-refractivity contribution in [3.8, 4) is 0 Å². The number of carbonyl (C=O) groups is 3. The van der Waals surface area contributed by atoms with E-state index in [-0.39, 0.29) is 36.0 Å². The highest BCUT2D eigenvalue weighted by Crippen LogP contribution is 2.29. The predicted octanol–water partition coefficient (Wildman–Crippen LogP) is 4.22. The molecule has 0 aromatic heterocycles. The van der Waals surface area contributed by atoms with Crippen LogP contribution in [0.25, 0.3) is 0 Å². The molecule has 2 saturated heterocycles. The summed E-state index contributed by atoms with van der Waals surface area (Å²) >= 11 is 12.0. The van der Waals surface area contributed by atoms with Crippen molar-refractivity contribution in [2.75, 3.05) is 29.9 Å². The number of anilines is 2. The second-order valence-electron chi connectivity index (χ2n) is 7.99. The maximum atomic E-state index is 13.0. The molecule has 0 saturated carbocycles. The molecule has 1 atom stereocenters. The SMILES string of the molecule is O=C(Nc1cc(Cl)cc(Cl)c1)C1CCN(C(=O)C2CC(=O)N(c3ccccc3)C2)CC1. The Morgan fingerprint density at radius 3 is 2.23 bits per heavy atom. The van der Waals surface area contributed by atoms with Crippen molar-refractivity contribution in [2.45, 2.75) is 19.3 Å². The molecule has 3 amide bonds. The fourth-order valence-corrected chi connectivity index (χ4v) is 4.75. The lowest BCUT2D eigenvalue weighted by molar-refractivity contribution is -0.138. The number of nitrogens with zero attached hydrogens (tertiary/aromatic N) is 2. The van der Waals surface area contributed by atoms with Gasteiger partial charge in [-0.3, -0.25) is 14.4 Å². The van der Waals surface area contributed by atoms with Gasteiger partial charge in [-0.05, 0) is 43.2 Å². The standard InChI is InChI=1S/C23H23Cl2N3O3/c24-17-11-18(25)13-19(12-17)26-22(30)15-6-8-27(9-7-15)23(31)16-10-21(29)28(14-16)20-4-2-1-3-5-20/h1-5,11-13,15-16H,6-10,14H2,(H,26,30). The minimum absolute atomic E-state index is 0.00716. The highest BCUT2D eigenvalue weighted by Gasteiger charge is 2.38. The van der Waals surface area contributed by atoms with E-state index in [9.17, 15) is 14.4 Å². The molecule has 0 aliphatic carbocycles. The number of amides is 3. The van der Waals surface area contributed by atoms with Gasteiger partial charge in [-0.2, -0.15) is 0 Å². The third-order valence-corrected chi connectivity index (χ3v) is 6.29. The molecule has 2 aliphatic rings. The molecule has 2 aliphatic heterocycles. The van der Waals surface area contributed by atoms with Crippen molar-refractivity contribution in [1.82, 2.24) is 4.90 Å². The van der Waals surface area contributed by atoms with Crippen LogP contribution < -0.4 is 10.2 Å². The summed E-state index contributed by atoms with van der Waals surface area (Å²) in [5.41, 5.74) is 1.38. The van der Waals surface area contributed by atoms with E-state index in [1.165, 1.54) is 0 Å². The lowest BCUT2D eigenvalue weighted by Crippen LogP contribution is -2.44. The fourth-order valence-electron chi connectivity index (χ4n) is 4.22. The summed E-state index contributed by atoms with van der Waals surface area (Å²) < 4.78 is 0. The highest BCUT2D eigenvalue weighted by molar-refractivity contribution is 6.35. The Kier molecular flexibility index (Phi) is 6.49. The Hall–Kier alpha value is -2.57. The maximum absolute atomic E-state index is 13.0. The summed E-state index contributed by atoms with van der Waals surface area (Å²) in [6.07, 6.45) is 1.38. The second kappa shape index (κ2) is 9.28. The molecular formula is C23H23Cl2N3O3. The number of halogens is 2. The van der Waals surface area contributed by atoms with Crippen molar-refractivity contribution in [3.05, 3.63) is 58.6 Å². The Morgan fingerprint density at radius 2 is 1.58 bits per heavy atom. The zero-order valence-corrected chi connectivity index (χ0v) is 18.4. The predicted molar refractivity (Wildman–Crippen MR) is 121 cm³/mol. The number of hydrogen-bond donors (Lipinski definition) is 1. The van der Waals surface area contributed by atoms with Gasteiger partial charge >= 0.3 is 0 Å². The molecule has 1 N–H and O–H groups in total. The number of benzene rings is 2. The van der Waals surface area contributed by atoms with Crippen molar-refractivity contribution in [2.24, 2.45) is 11.8 Å². The van der Waals surface area contributed by atoms with Crippen LogP contribution in [-0.4, -0.2) is 42.3 Å². The number of hydrogen-bond acceptors (Lipinski definition) is 3. The van der Waals surface area contributed by atoms with Gasteiger partial charge in [0, 0.05) is 53.4 Å². The summed E-state index contributed by atoms with van der Waals surface area (Å²) in [4.78, 5) is 41.5. The average molecular weight is 460 g/mol. The van der Waals surface area contributed by atoms with E-state index in [4.69, 9.17) is 23.2 Å². The van der Waals surface area contributed by atoms with E-state index >= 15 is 0 Å². The van der Waals surface area contributed by atoms with Gasteiger partial charge in [0.15, 0.2) is 0 Å². The average Bonchev–Trinajstić information content (AvgIpc) is 3.15. The van der Waals surface area contributed by atoms with Gasteiger partial charge in [0.05, 0.1) is 5.92 Å². The van der Waals surface area contributed by atoms with Crippen LogP contribution in [0, 0.1) is 11.8 Å². The van der Waals surface area contributed by atoms with E-state index in [0.29, 0.717) is 48.2 Å². The molecule has 2 aromatic carbocycles. The van der Waals surface area contributed by atoms with Crippen molar-refractivity contribution in [3.63, 3.8) is 0 Å². The number of para-hydroxylation sites is 1. The monoisotopic (exact) mass is 459 g/mol. The number of rotatable bonds is 4. The minimum Gasteiger partial charge on any atom is -0.342 e.